The maximum Gasteiger partial charge on any atom is 1.00 e. The number of carboxylic acids is 1. The van der Waals surface area contributed by atoms with Gasteiger partial charge in [0.25, 0.3) is 0 Å². The molecule has 2 aliphatic heterocycles. The zero-order valence-corrected chi connectivity index (χ0v) is 44.5. The van der Waals surface area contributed by atoms with Gasteiger partial charge in [-0.3, -0.25) is 4.79 Å². The van der Waals surface area contributed by atoms with Crippen molar-refractivity contribution in [3.8, 4) is 11.3 Å². The standard InChI is InChI=1S/C50H74N2O14S.Na/c1-49(2,3)47-36-39(12-11-13-46-50(4,5)43-38-41(67(55,56)57)16-18-44(43)52(46)19-10-8-9-14-48(53)54)42-17-15-40(37-45(42)66-47)51(20-22-60-28-30-64-34-32-62-26-24-58-6)21-23-61-29-31-65-35-33-63-27-25-59-7;/h11-13,15-18,36-38H,8-10,14,19-35H2,1-7H3,(H-,53,54,55,56,57);/q;+1. The van der Waals surface area contributed by atoms with Crippen LogP contribution in [0.1, 0.15) is 77.2 Å². The predicted molar refractivity (Wildman–Crippen MR) is 256 cm³/mol. The van der Waals surface area contributed by atoms with E-state index >= 15 is 0 Å². The number of rotatable bonds is 33. The van der Waals surface area contributed by atoms with Crippen LogP contribution in [0.3, 0.4) is 0 Å². The fourth-order valence-corrected chi connectivity index (χ4v) is 8.01. The molecule has 1 aromatic rings. The number of nitrogens with zero attached hydrogens (tertiary/aromatic N) is 2. The summed E-state index contributed by atoms with van der Waals surface area (Å²) in [4.78, 5) is 13.0. The molecule has 0 saturated carbocycles. The van der Waals surface area contributed by atoms with E-state index in [0.29, 0.717) is 131 Å². The summed E-state index contributed by atoms with van der Waals surface area (Å²) in [5.74, 6) is 0.695. The van der Waals surface area contributed by atoms with Gasteiger partial charge in [0.2, 0.25) is 5.36 Å². The van der Waals surface area contributed by atoms with Crippen LogP contribution in [0.2, 0.25) is 0 Å². The second-order valence-corrected chi connectivity index (χ2v) is 19.0. The minimum atomic E-state index is -4.67. The monoisotopic (exact) mass is 981 g/mol. The van der Waals surface area contributed by atoms with Crippen LogP contribution in [0.25, 0.3) is 17.4 Å². The maximum atomic E-state index is 12.1. The van der Waals surface area contributed by atoms with E-state index in [1.165, 1.54) is 12.1 Å². The Bertz CT molecular complexity index is 2160. The molecule has 0 saturated heterocycles. The first-order chi connectivity index (χ1) is 32.1. The molecule has 4 rings (SSSR count). The molecule has 0 aromatic heterocycles. The van der Waals surface area contributed by atoms with Crippen molar-refractivity contribution in [1.29, 1.82) is 0 Å². The van der Waals surface area contributed by atoms with Crippen LogP contribution in [0.15, 0.2) is 69.6 Å². The second kappa shape index (κ2) is 30.7. The molecule has 0 radical (unpaired) electrons. The minimum Gasteiger partial charge on any atom is -0.744 e. The topological polar surface area (TPSA) is 188 Å². The molecule has 374 valence electrons. The zero-order valence-electron chi connectivity index (χ0n) is 41.7. The Balaban J connectivity index is 0.0000122. The van der Waals surface area contributed by atoms with Crippen LogP contribution in [0, 0.1) is 0 Å². The van der Waals surface area contributed by atoms with E-state index < -0.39 is 21.5 Å². The number of aliphatic carboxylic acids is 1. The molecule has 68 heavy (non-hydrogen) atoms. The molecule has 18 heteroatoms. The molecular weight excluding hydrogens is 908 g/mol. The number of ether oxygens (including phenoxy) is 8. The summed E-state index contributed by atoms with van der Waals surface area (Å²) in [5.41, 5.74) is 3.41. The van der Waals surface area contributed by atoms with Crippen LogP contribution in [-0.4, -0.2) is 150 Å². The third-order valence-corrected chi connectivity index (χ3v) is 12.0. The fraction of sp³-hybridized carbons (Fsp3) is 0.600. The first-order valence-corrected chi connectivity index (χ1v) is 24.6. The Labute approximate surface area is 425 Å². The van der Waals surface area contributed by atoms with Gasteiger partial charge in [-0.25, -0.2) is 13.0 Å². The summed E-state index contributed by atoms with van der Waals surface area (Å²) in [5, 5.41) is 10.1. The molecule has 1 aromatic carbocycles. The summed E-state index contributed by atoms with van der Waals surface area (Å²) in [7, 11) is -1.39. The van der Waals surface area contributed by atoms with Crippen LogP contribution < -0.4 is 44.4 Å². The van der Waals surface area contributed by atoms with Crippen molar-refractivity contribution in [1.82, 2.24) is 4.58 Å². The third-order valence-electron chi connectivity index (χ3n) is 11.2. The van der Waals surface area contributed by atoms with Gasteiger partial charge in [-0.1, -0.05) is 53.2 Å². The van der Waals surface area contributed by atoms with Crippen molar-refractivity contribution in [3.63, 3.8) is 0 Å². The van der Waals surface area contributed by atoms with Gasteiger partial charge < -0.3 is 56.9 Å². The molecule has 0 unspecified atom stereocenters. The number of hydrogen-bond acceptors (Lipinski definition) is 14. The summed E-state index contributed by atoms with van der Waals surface area (Å²) < 4.78 is 89.3. The molecule has 2 heterocycles. The van der Waals surface area contributed by atoms with Gasteiger partial charge in [0.05, 0.1) is 90.2 Å². The molecule has 0 amide bonds. The van der Waals surface area contributed by atoms with Gasteiger partial charge in [0.15, 0.2) is 13.1 Å². The van der Waals surface area contributed by atoms with Crippen molar-refractivity contribution >= 4 is 27.9 Å². The first-order valence-electron chi connectivity index (χ1n) is 23.2. The molecule has 3 aliphatic rings. The van der Waals surface area contributed by atoms with Crippen molar-refractivity contribution in [2.75, 3.05) is 131 Å². The van der Waals surface area contributed by atoms with Crippen molar-refractivity contribution in [2.45, 2.75) is 76.0 Å². The molecular formula is C50H74N2NaO14S+. The molecule has 0 fully saturated rings. The van der Waals surface area contributed by atoms with E-state index in [4.69, 9.17) is 47.4 Å². The quantitative estimate of drug-likeness (QED) is 0.0406. The molecule has 0 bridgehead atoms. The van der Waals surface area contributed by atoms with Gasteiger partial charge in [0.1, 0.15) is 34.9 Å². The summed E-state index contributed by atoms with van der Waals surface area (Å²) in [6, 6.07) is 12.8. The van der Waals surface area contributed by atoms with Crippen LogP contribution in [0.5, 0.6) is 0 Å². The van der Waals surface area contributed by atoms with Crippen LogP contribution >= 0.6 is 0 Å². The number of carbonyl (C=O) groups is 1. The van der Waals surface area contributed by atoms with E-state index in [2.05, 4.69) is 60.6 Å². The summed E-state index contributed by atoms with van der Waals surface area (Å²) >= 11 is 0. The Morgan fingerprint density at radius 2 is 1.31 bits per heavy atom. The summed E-state index contributed by atoms with van der Waals surface area (Å²) in [6.07, 6.45) is 8.18. The van der Waals surface area contributed by atoms with Gasteiger partial charge >= 0.3 is 35.5 Å². The van der Waals surface area contributed by atoms with E-state index in [9.17, 15) is 17.8 Å². The van der Waals surface area contributed by atoms with Crippen molar-refractivity contribution < 1.29 is 94.7 Å². The van der Waals surface area contributed by atoms with E-state index in [1.807, 2.05) is 26.0 Å². The van der Waals surface area contributed by atoms with E-state index in [-0.39, 0.29) is 46.3 Å². The maximum absolute atomic E-state index is 12.1. The van der Waals surface area contributed by atoms with E-state index in [1.54, 1.807) is 20.3 Å². The molecule has 16 nitrogen and oxygen atoms in total. The number of hydrogen-bond donors (Lipinski definition) is 1. The molecule has 0 atom stereocenters. The van der Waals surface area contributed by atoms with Crippen LogP contribution in [0.4, 0.5) is 5.69 Å². The fourth-order valence-electron chi connectivity index (χ4n) is 7.51. The number of benzene rings is 2. The van der Waals surface area contributed by atoms with Gasteiger partial charge in [0, 0.05) is 61.0 Å². The van der Waals surface area contributed by atoms with Crippen LogP contribution in [-0.2, 0) is 63.6 Å². The first kappa shape index (κ1) is 59.3. The second-order valence-electron chi connectivity index (χ2n) is 17.7. The normalized spacial score (nSPS) is 14.3. The SMILES string of the molecule is COCCOCCOCCOCC[N+](CCOCCOCCOCCOC)=c1ccc2c(/C=C/C=C3/N(CCCCCC(=O)O)c4ccc(S(=O)(=O)[O-])cc4C3(C)C)cc(C(C)(C)C)oc-2c1.[Na+]. The average molecular weight is 982 g/mol. The van der Waals surface area contributed by atoms with Crippen molar-refractivity contribution in [3.05, 3.63) is 82.6 Å². The summed E-state index contributed by atoms with van der Waals surface area (Å²) in [6.45, 7) is 19.0. The van der Waals surface area contributed by atoms with Gasteiger partial charge in [-0.05, 0) is 60.4 Å². The number of unbranched alkanes of at least 4 members (excludes halogenated alkanes) is 2. The molecule has 0 spiro atoms. The molecule has 1 N–H and O–H groups in total. The number of allylic oxidation sites excluding steroid dienone is 3. The predicted octanol–water partition coefficient (Wildman–Crippen LogP) is 3.09. The Hall–Kier alpha value is -3.01. The largest absolute Gasteiger partial charge is 1.00 e. The number of methoxy groups -OCH3 is 2. The Morgan fingerprint density at radius 1 is 0.765 bits per heavy atom. The number of anilines is 1. The van der Waals surface area contributed by atoms with Gasteiger partial charge in [-0.15, -0.1) is 0 Å². The zero-order chi connectivity index (χ0) is 48.7. The Kier molecular flexibility index (Phi) is 26.7. The van der Waals surface area contributed by atoms with E-state index in [0.717, 1.165) is 45.6 Å². The van der Waals surface area contributed by atoms with Crippen molar-refractivity contribution in [2.24, 2.45) is 0 Å². The van der Waals surface area contributed by atoms with Gasteiger partial charge in [-0.2, -0.15) is 0 Å². The smallest absolute Gasteiger partial charge is 0.744 e. The average Bonchev–Trinajstić information content (AvgIpc) is 3.49. The minimum absolute atomic E-state index is 0. The number of fused-ring (bicyclic) bond motifs is 2. The number of carboxylic acid groups (broad SMARTS) is 1. The Morgan fingerprint density at radius 3 is 1.82 bits per heavy atom. The third kappa shape index (κ3) is 19.6. The molecule has 1 aliphatic carbocycles.